The summed E-state index contributed by atoms with van der Waals surface area (Å²) in [6, 6.07) is -9.56. The highest BCUT2D eigenvalue weighted by molar-refractivity contribution is 6.00. The van der Waals surface area contributed by atoms with E-state index in [2.05, 4.69) is 37.2 Å². The molecule has 9 amide bonds. The van der Waals surface area contributed by atoms with Crippen LogP contribution in [0.25, 0.3) is 0 Å². The van der Waals surface area contributed by atoms with Gasteiger partial charge in [0.05, 0.1) is 37.7 Å². The first-order chi connectivity index (χ1) is 34.5. The van der Waals surface area contributed by atoms with Crippen LogP contribution >= 0.6 is 0 Å². The molecular formula is C46H75N11O17. The first-order valence-corrected chi connectivity index (χ1v) is 23.9. The molecule has 1 aromatic carbocycles. The standard InChI is InChI=1S/C46H75N11O17/c1-21(2)15-27(48)38(65)56-36(23(5)59)45(72)53-29(16-22(3)4)40(67)52-31(19-35(63)64)41(68)55-33(20-58)43(70)51-30(18-34(49)62)42(69)57-37(24(6)60)44(71)50-28(9-7-8-14-47)39(66)54-32(46(73)74)17-25-10-12-26(61)13-11-25/h10-13,21-24,27-33,36-37,58-61H,7-9,14-20,47-48H2,1-6H3,(H2,49,62)(H,50,71)(H,51,70)(H,52,67)(H,53,72)(H,54,66)(H,55,68)(H,56,65)(H,57,69)(H,63,64)(H,73,74)/t23-,24-,27+,28+,29+,30+,31+,32+,33+,36+,37+/m1/s1. The monoisotopic (exact) mass is 1050 g/mol. The summed E-state index contributed by atoms with van der Waals surface area (Å²) in [7, 11) is 0. The van der Waals surface area contributed by atoms with Crippen LogP contribution in [0.2, 0.25) is 0 Å². The van der Waals surface area contributed by atoms with Gasteiger partial charge >= 0.3 is 11.9 Å². The Morgan fingerprint density at radius 1 is 0.527 bits per heavy atom. The molecule has 28 heteroatoms. The van der Waals surface area contributed by atoms with Gasteiger partial charge in [-0.3, -0.25) is 47.9 Å². The number of amides is 9. The van der Waals surface area contributed by atoms with Crippen molar-refractivity contribution in [1.82, 2.24) is 42.5 Å². The second-order valence-electron chi connectivity index (χ2n) is 18.6. The minimum absolute atomic E-state index is 0.00521. The molecule has 0 fully saturated rings. The van der Waals surface area contributed by atoms with Gasteiger partial charge in [-0.2, -0.15) is 0 Å². The maximum absolute atomic E-state index is 13.7. The summed E-state index contributed by atoms with van der Waals surface area (Å²) < 4.78 is 0. The number of carboxylic acid groups (broad SMARTS) is 2. The molecule has 74 heavy (non-hydrogen) atoms. The number of aliphatic carboxylic acids is 2. The molecule has 1 aromatic rings. The summed E-state index contributed by atoms with van der Waals surface area (Å²) in [5.41, 5.74) is 17.3. The SMILES string of the molecule is CC(C)C[C@H](NC(=O)[C@@H](NC(=O)[C@@H](N)CC(C)C)[C@@H](C)O)C(=O)N[C@@H](CC(=O)O)C(=O)N[C@@H](CO)C(=O)N[C@@H](CC(N)=O)C(=O)N[C@H](C(=O)N[C@@H](CCCCN)C(=O)N[C@@H](Cc1ccc(O)cc1)C(=O)O)[C@@H](C)O. The molecule has 0 aliphatic rings. The van der Waals surface area contributed by atoms with E-state index in [-0.39, 0.29) is 56.2 Å². The Kier molecular flexibility index (Phi) is 28.3. The molecule has 11 atom stereocenters. The van der Waals surface area contributed by atoms with Crippen molar-refractivity contribution in [3.8, 4) is 5.75 Å². The number of hydrogen-bond donors (Lipinski definition) is 17. The average Bonchev–Trinajstić information content (AvgIpc) is 3.29. The fourth-order valence-corrected chi connectivity index (χ4v) is 7.07. The fourth-order valence-electron chi connectivity index (χ4n) is 7.07. The summed E-state index contributed by atoms with van der Waals surface area (Å²) in [6.07, 6.45) is -4.91. The molecule has 0 radical (unpaired) electrons. The zero-order valence-corrected chi connectivity index (χ0v) is 42.3. The van der Waals surface area contributed by atoms with Crippen LogP contribution in [0, 0.1) is 11.8 Å². The van der Waals surface area contributed by atoms with Crippen molar-refractivity contribution in [1.29, 1.82) is 0 Å². The van der Waals surface area contributed by atoms with Crippen LogP contribution in [-0.4, -0.2) is 175 Å². The second kappa shape index (κ2) is 32.2. The highest BCUT2D eigenvalue weighted by atomic mass is 16.4. The Bertz CT molecular complexity index is 2090. The number of carboxylic acids is 2. The van der Waals surface area contributed by atoms with Crippen molar-refractivity contribution in [2.75, 3.05) is 13.2 Å². The van der Waals surface area contributed by atoms with Crippen molar-refractivity contribution in [2.24, 2.45) is 29.0 Å². The number of nitrogens with two attached hydrogens (primary N) is 3. The largest absolute Gasteiger partial charge is 0.508 e. The van der Waals surface area contributed by atoms with E-state index in [1.54, 1.807) is 13.8 Å². The van der Waals surface area contributed by atoms with Gasteiger partial charge in [0, 0.05) is 6.42 Å². The normalized spacial score (nSPS) is 15.7. The van der Waals surface area contributed by atoms with E-state index < -0.39 is 151 Å². The number of benzene rings is 1. The van der Waals surface area contributed by atoms with Gasteiger partial charge in [-0.25, -0.2) is 4.79 Å². The summed E-state index contributed by atoms with van der Waals surface area (Å²) in [5.74, 6) is -13.8. The summed E-state index contributed by atoms with van der Waals surface area (Å²) in [6.45, 7) is 8.15. The molecule has 0 saturated heterocycles. The lowest BCUT2D eigenvalue weighted by atomic mass is 10.0. The van der Waals surface area contributed by atoms with Crippen molar-refractivity contribution >= 4 is 65.1 Å². The van der Waals surface area contributed by atoms with Crippen molar-refractivity contribution in [3.63, 3.8) is 0 Å². The van der Waals surface area contributed by atoms with Crippen LogP contribution in [0.3, 0.4) is 0 Å². The number of carbonyl (C=O) groups excluding carboxylic acids is 9. The van der Waals surface area contributed by atoms with E-state index in [9.17, 15) is 83.4 Å². The zero-order valence-electron chi connectivity index (χ0n) is 42.3. The van der Waals surface area contributed by atoms with E-state index in [1.807, 2.05) is 19.2 Å². The van der Waals surface area contributed by atoms with E-state index >= 15 is 0 Å². The number of rotatable bonds is 34. The van der Waals surface area contributed by atoms with Crippen LogP contribution in [0.15, 0.2) is 24.3 Å². The number of aliphatic hydroxyl groups excluding tert-OH is 3. The van der Waals surface area contributed by atoms with Gasteiger partial charge in [0.2, 0.25) is 53.2 Å². The lowest BCUT2D eigenvalue weighted by molar-refractivity contribution is -0.142. The number of hydrogen-bond acceptors (Lipinski definition) is 17. The Morgan fingerprint density at radius 2 is 0.946 bits per heavy atom. The number of phenolic OH excluding ortho intramolecular Hbond substituents is 1. The van der Waals surface area contributed by atoms with Gasteiger partial charge in [0.15, 0.2) is 0 Å². The predicted molar refractivity (Wildman–Crippen MR) is 261 cm³/mol. The van der Waals surface area contributed by atoms with Crippen LogP contribution in [0.4, 0.5) is 0 Å². The van der Waals surface area contributed by atoms with Crippen LogP contribution in [0.1, 0.15) is 92.1 Å². The third kappa shape index (κ3) is 23.7. The highest BCUT2D eigenvalue weighted by Gasteiger charge is 2.37. The van der Waals surface area contributed by atoms with Gasteiger partial charge in [-0.1, -0.05) is 39.8 Å². The van der Waals surface area contributed by atoms with Crippen molar-refractivity contribution in [2.45, 2.75) is 159 Å². The van der Waals surface area contributed by atoms with E-state index in [4.69, 9.17) is 17.2 Å². The second-order valence-corrected chi connectivity index (χ2v) is 18.6. The number of unbranched alkanes of at least 4 members (excludes halogenated alkanes) is 1. The summed E-state index contributed by atoms with van der Waals surface area (Å²) >= 11 is 0. The zero-order chi connectivity index (χ0) is 56.6. The Labute approximate surface area is 427 Å². The maximum Gasteiger partial charge on any atom is 0.326 e. The van der Waals surface area contributed by atoms with Gasteiger partial charge < -0.3 is 90.4 Å². The molecule has 28 nitrogen and oxygen atoms in total. The van der Waals surface area contributed by atoms with E-state index in [0.29, 0.717) is 12.0 Å². The molecule has 0 aliphatic heterocycles. The minimum atomic E-state index is -2.03. The first-order valence-electron chi connectivity index (χ1n) is 23.9. The molecule has 1 rings (SSSR count). The quantitative estimate of drug-likeness (QED) is 0.0286. The minimum Gasteiger partial charge on any atom is -0.508 e. The van der Waals surface area contributed by atoms with Crippen LogP contribution in [-0.2, 0) is 59.2 Å². The Morgan fingerprint density at radius 3 is 1.41 bits per heavy atom. The Balaban J connectivity index is 3.33. The molecule has 0 spiro atoms. The van der Waals surface area contributed by atoms with Gasteiger partial charge in [0.1, 0.15) is 54.1 Å². The molecule has 416 valence electrons. The van der Waals surface area contributed by atoms with E-state index in [0.717, 1.165) is 6.92 Å². The average molecular weight is 1050 g/mol. The topological polar surface area (TPSA) is 483 Å². The smallest absolute Gasteiger partial charge is 0.326 e. The molecular weight excluding hydrogens is 979 g/mol. The van der Waals surface area contributed by atoms with Gasteiger partial charge in [-0.05, 0) is 82.0 Å². The highest BCUT2D eigenvalue weighted by Crippen LogP contribution is 2.13. The number of aliphatic hydroxyl groups is 3. The van der Waals surface area contributed by atoms with Gasteiger partial charge in [-0.15, -0.1) is 0 Å². The number of aromatic hydroxyl groups is 1. The van der Waals surface area contributed by atoms with Crippen molar-refractivity contribution in [3.05, 3.63) is 29.8 Å². The molecule has 0 aliphatic carbocycles. The molecule has 0 saturated carbocycles. The molecule has 0 bridgehead atoms. The molecule has 20 N–H and O–H groups in total. The molecule has 0 aromatic heterocycles. The summed E-state index contributed by atoms with van der Waals surface area (Å²) in [4.78, 5) is 144. The fraction of sp³-hybridized carbons (Fsp3) is 0.630. The summed E-state index contributed by atoms with van der Waals surface area (Å²) in [5, 5.41) is 78.1. The lowest BCUT2D eigenvalue weighted by Crippen LogP contribution is -2.62. The third-order valence-electron chi connectivity index (χ3n) is 11.0. The van der Waals surface area contributed by atoms with E-state index in [1.165, 1.54) is 31.2 Å². The lowest BCUT2D eigenvalue weighted by Gasteiger charge is -2.28. The van der Waals surface area contributed by atoms with Crippen LogP contribution in [0.5, 0.6) is 5.75 Å². The predicted octanol–water partition coefficient (Wildman–Crippen LogP) is -5.45. The van der Waals surface area contributed by atoms with Gasteiger partial charge in [0.25, 0.3) is 0 Å². The Hall–Kier alpha value is -7.01. The molecule has 0 unspecified atom stereocenters. The first kappa shape index (κ1) is 65.0. The number of primary amides is 1. The van der Waals surface area contributed by atoms with Crippen LogP contribution < -0.4 is 59.7 Å². The van der Waals surface area contributed by atoms with Crippen molar-refractivity contribution < 1.29 is 83.4 Å². The third-order valence-corrected chi connectivity index (χ3v) is 11.0. The molecule has 0 heterocycles. The maximum atomic E-state index is 13.7. The number of nitrogens with one attached hydrogen (secondary N) is 8. The number of carbonyl (C=O) groups is 11. The number of phenols is 1.